The third-order valence-corrected chi connectivity index (χ3v) is 2.83. The maximum atomic E-state index is 13.5. The van der Waals surface area contributed by atoms with Gasteiger partial charge in [0, 0.05) is 4.47 Å². The number of hydrogen-bond acceptors (Lipinski definition) is 3. The van der Waals surface area contributed by atoms with Gasteiger partial charge in [-0.25, -0.2) is 4.39 Å². The van der Waals surface area contributed by atoms with Gasteiger partial charge in [0.05, 0.1) is 18.0 Å². The van der Waals surface area contributed by atoms with Gasteiger partial charge in [0.25, 0.3) is 0 Å². The van der Waals surface area contributed by atoms with Crippen LogP contribution in [-0.4, -0.2) is 10.1 Å². The molecule has 1 heterocycles. The largest absolute Gasteiger partial charge is 0.453 e. The van der Waals surface area contributed by atoms with Gasteiger partial charge >= 0.3 is 0 Å². The van der Waals surface area contributed by atoms with E-state index in [1.54, 1.807) is 13.0 Å². The zero-order chi connectivity index (χ0) is 14.0. The fourth-order valence-corrected chi connectivity index (χ4v) is 1.84. The van der Waals surface area contributed by atoms with Gasteiger partial charge in [-0.2, -0.15) is 4.39 Å². The minimum Gasteiger partial charge on any atom is -0.453 e. The highest BCUT2D eigenvalue weighted by atomic mass is 79.9. The summed E-state index contributed by atoms with van der Waals surface area (Å²) in [7, 11) is 0. The predicted molar refractivity (Wildman–Crippen MR) is 69.0 cm³/mol. The Balaban J connectivity index is 2.26. The predicted octanol–water partition coefficient (Wildman–Crippen LogP) is 3.97. The molecular weight excluding hydrogens is 320 g/mol. The summed E-state index contributed by atoms with van der Waals surface area (Å²) in [5, 5.41) is 9.30. The Labute approximate surface area is 117 Å². The van der Waals surface area contributed by atoms with Crippen molar-refractivity contribution in [2.24, 2.45) is 0 Å². The van der Waals surface area contributed by atoms with Crippen molar-refractivity contribution in [1.29, 1.82) is 0 Å². The number of nitrogens with zero attached hydrogens (tertiary/aromatic N) is 1. The summed E-state index contributed by atoms with van der Waals surface area (Å²) >= 11 is 3.06. The number of ether oxygens (including phenoxy) is 1. The van der Waals surface area contributed by atoms with Crippen LogP contribution in [0.15, 0.2) is 34.9 Å². The lowest BCUT2D eigenvalue weighted by Crippen LogP contribution is -1.96. The Hall–Kier alpha value is -1.53. The van der Waals surface area contributed by atoms with Crippen LogP contribution in [0.2, 0.25) is 0 Å². The molecule has 0 radical (unpaired) electrons. The number of benzene rings is 1. The fourth-order valence-electron chi connectivity index (χ4n) is 1.43. The van der Waals surface area contributed by atoms with Crippen LogP contribution in [0.1, 0.15) is 18.7 Å². The normalized spacial score (nSPS) is 12.3. The molecule has 0 aliphatic heterocycles. The van der Waals surface area contributed by atoms with Crippen molar-refractivity contribution in [3.63, 3.8) is 0 Å². The molecule has 2 aromatic rings. The second kappa shape index (κ2) is 5.63. The van der Waals surface area contributed by atoms with Crippen LogP contribution in [0.5, 0.6) is 11.5 Å². The van der Waals surface area contributed by atoms with Crippen molar-refractivity contribution in [3.05, 3.63) is 52.3 Å². The highest BCUT2D eigenvalue weighted by Gasteiger charge is 2.12. The molecule has 1 atom stereocenters. The van der Waals surface area contributed by atoms with Crippen LogP contribution in [0.25, 0.3) is 0 Å². The number of aliphatic hydroxyl groups is 1. The van der Waals surface area contributed by atoms with Gasteiger partial charge < -0.3 is 9.84 Å². The van der Waals surface area contributed by atoms with E-state index in [1.165, 1.54) is 18.3 Å². The summed E-state index contributed by atoms with van der Waals surface area (Å²) < 4.78 is 32.3. The van der Waals surface area contributed by atoms with E-state index in [-0.39, 0.29) is 11.5 Å². The standard InChI is InChI=1S/C13H10BrF2NO2/c1-7(18)11-3-2-9(6-17-11)19-12-5-8(14)4-10(15)13(12)16/h2-7,18H,1H3/t7-/m0/s1. The summed E-state index contributed by atoms with van der Waals surface area (Å²) in [6, 6.07) is 5.40. The minimum atomic E-state index is -1.07. The smallest absolute Gasteiger partial charge is 0.201 e. The summed E-state index contributed by atoms with van der Waals surface area (Å²) in [4.78, 5) is 3.95. The van der Waals surface area contributed by atoms with E-state index < -0.39 is 17.7 Å². The number of pyridine rings is 1. The average molecular weight is 330 g/mol. The van der Waals surface area contributed by atoms with Gasteiger partial charge in [-0.15, -0.1) is 0 Å². The average Bonchev–Trinajstić information content (AvgIpc) is 2.36. The molecule has 0 aliphatic rings. The van der Waals surface area contributed by atoms with Crippen molar-refractivity contribution in [1.82, 2.24) is 4.98 Å². The van der Waals surface area contributed by atoms with E-state index in [2.05, 4.69) is 20.9 Å². The van der Waals surface area contributed by atoms with Gasteiger partial charge in [0.2, 0.25) is 5.82 Å². The quantitative estimate of drug-likeness (QED) is 0.866. The third-order valence-electron chi connectivity index (χ3n) is 2.37. The van der Waals surface area contributed by atoms with Crippen LogP contribution >= 0.6 is 15.9 Å². The van der Waals surface area contributed by atoms with Gasteiger partial charge in [-0.3, -0.25) is 4.98 Å². The Bertz CT molecular complexity index is 588. The molecule has 0 aliphatic carbocycles. The lowest BCUT2D eigenvalue weighted by molar-refractivity contribution is 0.194. The second-order valence-corrected chi connectivity index (χ2v) is 4.81. The Morgan fingerprint density at radius 3 is 2.63 bits per heavy atom. The molecule has 3 nitrogen and oxygen atoms in total. The second-order valence-electron chi connectivity index (χ2n) is 3.90. The number of halogens is 3. The molecule has 0 fully saturated rings. The molecule has 2 rings (SSSR count). The molecule has 0 amide bonds. The van der Waals surface area contributed by atoms with E-state index in [0.29, 0.717) is 10.2 Å². The van der Waals surface area contributed by atoms with E-state index >= 15 is 0 Å². The molecule has 0 spiro atoms. The van der Waals surface area contributed by atoms with E-state index in [9.17, 15) is 13.9 Å². The molecule has 0 saturated heterocycles. The van der Waals surface area contributed by atoms with E-state index in [0.717, 1.165) is 6.07 Å². The first kappa shape index (κ1) is 13.9. The lowest BCUT2D eigenvalue weighted by Gasteiger charge is -2.09. The Morgan fingerprint density at radius 1 is 1.32 bits per heavy atom. The van der Waals surface area contributed by atoms with E-state index in [1.807, 2.05) is 0 Å². The first-order chi connectivity index (χ1) is 8.97. The molecule has 19 heavy (non-hydrogen) atoms. The number of hydrogen-bond donors (Lipinski definition) is 1. The minimum absolute atomic E-state index is 0.238. The van der Waals surface area contributed by atoms with Crippen molar-refractivity contribution < 1.29 is 18.6 Å². The fraction of sp³-hybridized carbons (Fsp3) is 0.154. The maximum absolute atomic E-state index is 13.5. The molecular formula is C13H10BrF2NO2. The highest BCUT2D eigenvalue weighted by Crippen LogP contribution is 2.29. The zero-order valence-corrected chi connectivity index (χ0v) is 11.5. The van der Waals surface area contributed by atoms with Gasteiger partial charge in [0.15, 0.2) is 11.6 Å². The summed E-state index contributed by atoms with van der Waals surface area (Å²) in [6.45, 7) is 1.58. The molecule has 1 aromatic heterocycles. The van der Waals surface area contributed by atoms with Crippen LogP contribution < -0.4 is 4.74 Å². The Morgan fingerprint density at radius 2 is 2.05 bits per heavy atom. The number of aromatic nitrogens is 1. The highest BCUT2D eigenvalue weighted by molar-refractivity contribution is 9.10. The van der Waals surface area contributed by atoms with Crippen molar-refractivity contribution in [3.8, 4) is 11.5 Å². The van der Waals surface area contributed by atoms with Gasteiger partial charge in [-0.1, -0.05) is 15.9 Å². The zero-order valence-electron chi connectivity index (χ0n) is 9.90. The van der Waals surface area contributed by atoms with Gasteiger partial charge in [0.1, 0.15) is 5.75 Å². The van der Waals surface area contributed by atoms with Crippen LogP contribution in [0, 0.1) is 11.6 Å². The topological polar surface area (TPSA) is 42.4 Å². The third kappa shape index (κ3) is 3.27. The molecule has 6 heteroatoms. The Kier molecular flexibility index (Phi) is 4.11. The number of rotatable bonds is 3. The summed E-state index contributed by atoms with van der Waals surface area (Å²) in [6.07, 6.45) is 0.634. The van der Waals surface area contributed by atoms with Crippen molar-refractivity contribution >= 4 is 15.9 Å². The van der Waals surface area contributed by atoms with Crippen LogP contribution in [-0.2, 0) is 0 Å². The SMILES string of the molecule is C[C@H](O)c1ccc(Oc2cc(Br)cc(F)c2F)cn1. The first-order valence-corrected chi connectivity index (χ1v) is 6.23. The summed E-state index contributed by atoms with van der Waals surface area (Å²) in [5.74, 6) is -2.06. The molecule has 0 unspecified atom stereocenters. The lowest BCUT2D eigenvalue weighted by atomic mass is 10.2. The summed E-state index contributed by atoms with van der Waals surface area (Å²) in [5.41, 5.74) is 0.466. The molecule has 1 aromatic carbocycles. The first-order valence-electron chi connectivity index (χ1n) is 5.44. The van der Waals surface area contributed by atoms with Crippen molar-refractivity contribution in [2.75, 3.05) is 0 Å². The monoisotopic (exact) mass is 329 g/mol. The molecule has 100 valence electrons. The van der Waals surface area contributed by atoms with Crippen molar-refractivity contribution in [2.45, 2.75) is 13.0 Å². The maximum Gasteiger partial charge on any atom is 0.201 e. The van der Waals surface area contributed by atoms with Gasteiger partial charge in [-0.05, 0) is 31.2 Å². The van der Waals surface area contributed by atoms with Crippen LogP contribution in [0.3, 0.4) is 0 Å². The van der Waals surface area contributed by atoms with E-state index in [4.69, 9.17) is 4.74 Å². The van der Waals surface area contributed by atoms with Crippen LogP contribution in [0.4, 0.5) is 8.78 Å². The molecule has 0 bridgehead atoms. The number of aliphatic hydroxyl groups excluding tert-OH is 1. The molecule has 0 saturated carbocycles. The molecule has 1 N–H and O–H groups in total.